The van der Waals surface area contributed by atoms with Crippen molar-refractivity contribution in [1.29, 1.82) is 0 Å². The number of pyridine rings is 2. The number of benzene rings is 1. The minimum Gasteiger partial charge on any atom is -0.330 e. The molecule has 1 aromatic carbocycles. The molecule has 2 heterocycles. The summed E-state index contributed by atoms with van der Waals surface area (Å²) >= 11 is 0. The summed E-state index contributed by atoms with van der Waals surface area (Å²) < 4.78 is 0. The van der Waals surface area contributed by atoms with Crippen molar-refractivity contribution in [3.05, 3.63) is 48.3 Å². The maximum absolute atomic E-state index is 5.56. The molecule has 2 N–H and O–H groups in total. The van der Waals surface area contributed by atoms with E-state index in [1.807, 2.05) is 18.5 Å². The Morgan fingerprint density at radius 1 is 0.895 bits per heavy atom. The van der Waals surface area contributed by atoms with Crippen LogP contribution in [-0.2, 0) is 6.42 Å². The molecule has 0 radical (unpaired) electrons. The highest BCUT2D eigenvalue weighted by atomic mass is 14.7. The van der Waals surface area contributed by atoms with Crippen LogP contribution >= 0.6 is 0 Å². The van der Waals surface area contributed by atoms with E-state index in [-0.39, 0.29) is 0 Å². The summed E-state index contributed by atoms with van der Waals surface area (Å²) in [7, 11) is 0. The van der Waals surface area contributed by atoms with Crippen molar-refractivity contribution in [3.8, 4) is 0 Å². The summed E-state index contributed by atoms with van der Waals surface area (Å²) in [5.41, 5.74) is 8.89. The number of hydrogen-bond acceptors (Lipinski definition) is 3. The van der Waals surface area contributed by atoms with Gasteiger partial charge in [0.2, 0.25) is 0 Å². The molecular formula is C16H17N3. The van der Waals surface area contributed by atoms with Crippen LogP contribution in [0.4, 0.5) is 0 Å². The Labute approximate surface area is 112 Å². The molecule has 0 aliphatic carbocycles. The molecule has 3 heteroatoms. The van der Waals surface area contributed by atoms with Gasteiger partial charge < -0.3 is 5.73 Å². The van der Waals surface area contributed by atoms with Gasteiger partial charge in [0.25, 0.3) is 0 Å². The average molecular weight is 251 g/mol. The van der Waals surface area contributed by atoms with Gasteiger partial charge in [-0.25, -0.2) is 0 Å². The van der Waals surface area contributed by atoms with Crippen LogP contribution in [0.3, 0.4) is 0 Å². The second-order valence-electron chi connectivity index (χ2n) is 4.75. The highest BCUT2D eigenvalue weighted by Gasteiger charge is 2.06. The van der Waals surface area contributed by atoms with Crippen LogP contribution in [-0.4, -0.2) is 16.5 Å². The predicted octanol–water partition coefficient (Wildman–Crippen LogP) is 3.06. The van der Waals surface area contributed by atoms with E-state index in [0.29, 0.717) is 0 Å². The minimum absolute atomic E-state index is 0.757. The van der Waals surface area contributed by atoms with E-state index in [1.54, 1.807) is 0 Å². The fraction of sp³-hybridized carbons (Fsp3) is 0.250. The first-order chi connectivity index (χ1) is 9.40. The minimum atomic E-state index is 0.757. The van der Waals surface area contributed by atoms with Gasteiger partial charge in [-0.3, -0.25) is 9.97 Å². The molecule has 19 heavy (non-hydrogen) atoms. The SMILES string of the molecule is NCCCCc1ccnc2c1ccc1cccnc12. The van der Waals surface area contributed by atoms with Gasteiger partial charge in [0, 0.05) is 23.2 Å². The lowest BCUT2D eigenvalue weighted by Gasteiger charge is -2.07. The predicted molar refractivity (Wildman–Crippen MR) is 79.0 cm³/mol. The van der Waals surface area contributed by atoms with Crippen LogP contribution in [0.2, 0.25) is 0 Å². The molecule has 0 fully saturated rings. The van der Waals surface area contributed by atoms with Crippen molar-refractivity contribution in [2.45, 2.75) is 19.3 Å². The number of aromatic nitrogens is 2. The van der Waals surface area contributed by atoms with E-state index < -0.39 is 0 Å². The summed E-state index contributed by atoms with van der Waals surface area (Å²) in [6, 6.07) is 10.4. The van der Waals surface area contributed by atoms with Crippen LogP contribution < -0.4 is 5.73 Å². The van der Waals surface area contributed by atoms with Crippen molar-refractivity contribution in [2.75, 3.05) is 6.54 Å². The molecule has 0 amide bonds. The van der Waals surface area contributed by atoms with E-state index in [9.17, 15) is 0 Å². The number of rotatable bonds is 4. The van der Waals surface area contributed by atoms with Crippen molar-refractivity contribution >= 4 is 21.8 Å². The third-order valence-corrected chi connectivity index (χ3v) is 3.47. The van der Waals surface area contributed by atoms with Crippen LogP contribution in [0.1, 0.15) is 18.4 Å². The molecule has 3 nitrogen and oxygen atoms in total. The van der Waals surface area contributed by atoms with Gasteiger partial charge in [-0.2, -0.15) is 0 Å². The highest BCUT2D eigenvalue weighted by Crippen LogP contribution is 2.25. The lowest BCUT2D eigenvalue weighted by Crippen LogP contribution is -1.99. The molecule has 3 rings (SSSR count). The Hall–Kier alpha value is -2.00. The smallest absolute Gasteiger partial charge is 0.0967 e. The number of nitrogens with two attached hydrogens (primary N) is 1. The zero-order valence-corrected chi connectivity index (χ0v) is 10.8. The molecule has 0 aliphatic heterocycles. The van der Waals surface area contributed by atoms with Crippen LogP contribution in [0, 0.1) is 0 Å². The van der Waals surface area contributed by atoms with E-state index in [1.165, 1.54) is 10.9 Å². The summed E-state index contributed by atoms with van der Waals surface area (Å²) in [5, 5.41) is 2.35. The van der Waals surface area contributed by atoms with Crippen molar-refractivity contribution in [1.82, 2.24) is 9.97 Å². The number of nitrogens with zero attached hydrogens (tertiary/aromatic N) is 2. The van der Waals surface area contributed by atoms with Gasteiger partial charge in [-0.1, -0.05) is 18.2 Å². The number of unbranched alkanes of at least 4 members (excludes halogenated alkanes) is 1. The lowest BCUT2D eigenvalue weighted by atomic mass is 10.0. The first kappa shape index (κ1) is 12.1. The molecule has 0 atom stereocenters. The summed E-state index contributed by atoms with van der Waals surface area (Å²) in [4.78, 5) is 8.98. The Bertz CT molecular complexity index is 707. The molecule has 2 aromatic heterocycles. The molecule has 0 saturated heterocycles. The maximum Gasteiger partial charge on any atom is 0.0967 e. The van der Waals surface area contributed by atoms with Crippen molar-refractivity contribution < 1.29 is 0 Å². The normalized spacial score (nSPS) is 11.2. The molecule has 0 bridgehead atoms. The fourth-order valence-electron chi connectivity index (χ4n) is 2.49. The Morgan fingerprint density at radius 3 is 2.68 bits per heavy atom. The van der Waals surface area contributed by atoms with Crippen LogP contribution in [0.25, 0.3) is 21.8 Å². The molecule has 0 aliphatic rings. The van der Waals surface area contributed by atoms with Crippen LogP contribution in [0.5, 0.6) is 0 Å². The zero-order chi connectivity index (χ0) is 13.1. The van der Waals surface area contributed by atoms with Gasteiger partial charge in [-0.05, 0) is 43.5 Å². The Balaban J connectivity index is 2.12. The van der Waals surface area contributed by atoms with Gasteiger partial charge >= 0.3 is 0 Å². The van der Waals surface area contributed by atoms with Crippen molar-refractivity contribution in [3.63, 3.8) is 0 Å². The van der Waals surface area contributed by atoms with Crippen molar-refractivity contribution in [2.24, 2.45) is 5.73 Å². The van der Waals surface area contributed by atoms with Gasteiger partial charge in [0.15, 0.2) is 0 Å². The highest BCUT2D eigenvalue weighted by molar-refractivity contribution is 6.03. The van der Waals surface area contributed by atoms with Gasteiger partial charge in [0.05, 0.1) is 11.0 Å². The van der Waals surface area contributed by atoms with E-state index in [4.69, 9.17) is 5.73 Å². The lowest BCUT2D eigenvalue weighted by molar-refractivity contribution is 0.747. The number of fused-ring (bicyclic) bond motifs is 3. The second-order valence-corrected chi connectivity index (χ2v) is 4.75. The molecule has 0 unspecified atom stereocenters. The maximum atomic E-state index is 5.56. The summed E-state index contributed by atoms with van der Waals surface area (Å²) in [6.45, 7) is 0.757. The third-order valence-electron chi connectivity index (χ3n) is 3.47. The molecule has 0 spiro atoms. The van der Waals surface area contributed by atoms with E-state index in [0.717, 1.165) is 42.2 Å². The van der Waals surface area contributed by atoms with Crippen LogP contribution in [0.15, 0.2) is 42.7 Å². The van der Waals surface area contributed by atoms with E-state index in [2.05, 4.69) is 34.2 Å². The monoisotopic (exact) mass is 251 g/mol. The average Bonchev–Trinajstić information content (AvgIpc) is 2.47. The quantitative estimate of drug-likeness (QED) is 0.572. The first-order valence-corrected chi connectivity index (χ1v) is 6.71. The van der Waals surface area contributed by atoms with Gasteiger partial charge in [-0.15, -0.1) is 0 Å². The molecule has 0 saturated carbocycles. The largest absolute Gasteiger partial charge is 0.330 e. The molecule has 3 aromatic rings. The number of aryl methyl sites for hydroxylation is 1. The van der Waals surface area contributed by atoms with Gasteiger partial charge in [0.1, 0.15) is 0 Å². The zero-order valence-electron chi connectivity index (χ0n) is 10.8. The van der Waals surface area contributed by atoms with E-state index >= 15 is 0 Å². The summed E-state index contributed by atoms with van der Waals surface area (Å²) in [6.07, 6.45) is 6.94. The number of hydrogen-bond donors (Lipinski definition) is 1. The molecular weight excluding hydrogens is 234 g/mol. The Morgan fingerprint density at radius 2 is 1.79 bits per heavy atom. The third kappa shape index (κ3) is 2.29. The topological polar surface area (TPSA) is 51.8 Å². The Kier molecular flexibility index (Phi) is 3.38. The standard InChI is InChI=1S/C16H17N3/c17-9-2-1-4-12-8-11-19-16-14(12)7-6-13-5-3-10-18-15(13)16/h3,5-8,10-11H,1-2,4,9,17H2. The first-order valence-electron chi connectivity index (χ1n) is 6.71. The second kappa shape index (κ2) is 5.33. The summed E-state index contributed by atoms with van der Waals surface area (Å²) in [5.74, 6) is 0. The molecule has 96 valence electrons. The fourth-order valence-corrected chi connectivity index (χ4v) is 2.49.